The molecule has 2 saturated heterocycles. The molecule has 21 heavy (non-hydrogen) atoms. The van der Waals surface area contributed by atoms with Gasteiger partial charge in [-0.05, 0) is 66.3 Å². The lowest BCUT2D eigenvalue weighted by Crippen LogP contribution is -2.52. The highest BCUT2D eigenvalue weighted by molar-refractivity contribution is 5.82. The smallest absolute Gasteiger partial charge is 0.137 e. The van der Waals surface area contributed by atoms with Gasteiger partial charge in [0.15, 0.2) is 0 Å². The highest BCUT2D eigenvalue weighted by Gasteiger charge is 2.52. The molecule has 3 fully saturated rings. The van der Waals surface area contributed by atoms with E-state index in [2.05, 4.69) is 32.6 Å². The van der Waals surface area contributed by atoms with E-state index in [1.165, 1.54) is 19.3 Å². The van der Waals surface area contributed by atoms with Gasteiger partial charge in [-0.25, -0.2) is 0 Å². The lowest BCUT2D eigenvalue weighted by molar-refractivity contribution is -0.128. The lowest BCUT2D eigenvalue weighted by Gasteiger charge is -2.40. The van der Waals surface area contributed by atoms with Crippen LogP contribution in [0.4, 0.5) is 0 Å². The maximum absolute atomic E-state index is 12.4. The highest BCUT2D eigenvalue weighted by atomic mass is 16.5. The molecule has 3 aliphatic rings. The molecule has 0 radical (unpaired) electrons. The van der Waals surface area contributed by atoms with Gasteiger partial charge in [0.05, 0.1) is 11.2 Å². The monoisotopic (exact) mass is 293 g/mol. The van der Waals surface area contributed by atoms with Crippen LogP contribution in [0.5, 0.6) is 0 Å². The first-order valence-corrected chi connectivity index (χ1v) is 8.79. The van der Waals surface area contributed by atoms with Crippen LogP contribution >= 0.6 is 0 Å². The van der Waals surface area contributed by atoms with E-state index >= 15 is 0 Å². The summed E-state index contributed by atoms with van der Waals surface area (Å²) in [5.41, 5.74) is -0.151. The normalized spacial score (nSPS) is 39.8. The fourth-order valence-electron chi connectivity index (χ4n) is 5.10. The molecule has 2 aliphatic heterocycles. The third-order valence-electron chi connectivity index (χ3n) is 5.84. The second-order valence-electron chi connectivity index (χ2n) is 8.45. The van der Waals surface area contributed by atoms with E-state index < -0.39 is 0 Å². The molecule has 3 heteroatoms. The van der Waals surface area contributed by atoms with E-state index in [1.807, 2.05) is 0 Å². The Kier molecular flexibility index (Phi) is 3.94. The van der Waals surface area contributed by atoms with Crippen molar-refractivity contribution in [2.75, 3.05) is 6.54 Å². The average Bonchev–Trinajstić information content (AvgIpc) is 2.91. The number of hydrogen-bond donors (Lipinski definition) is 0. The minimum Gasteiger partial charge on any atom is -0.368 e. The van der Waals surface area contributed by atoms with Gasteiger partial charge >= 0.3 is 0 Å². The van der Waals surface area contributed by atoms with Crippen LogP contribution in [0.25, 0.3) is 0 Å². The Balaban J connectivity index is 1.79. The maximum atomic E-state index is 12.4. The summed E-state index contributed by atoms with van der Waals surface area (Å²) in [5.74, 6) is 0.815. The molecular formula is C18H31NO2. The fraction of sp³-hybridized carbons (Fsp3) is 0.944. The molecule has 3 rings (SSSR count). The predicted molar refractivity (Wildman–Crippen MR) is 84.3 cm³/mol. The van der Waals surface area contributed by atoms with Gasteiger partial charge in [-0.15, -0.1) is 0 Å². The first-order chi connectivity index (χ1) is 9.80. The van der Waals surface area contributed by atoms with Crippen LogP contribution < -0.4 is 0 Å². The van der Waals surface area contributed by atoms with E-state index in [0.717, 1.165) is 32.2 Å². The summed E-state index contributed by atoms with van der Waals surface area (Å²) >= 11 is 0. The van der Waals surface area contributed by atoms with Gasteiger partial charge in [0, 0.05) is 24.4 Å². The van der Waals surface area contributed by atoms with Crippen LogP contribution in [0.15, 0.2) is 0 Å². The second-order valence-corrected chi connectivity index (χ2v) is 8.45. The molecule has 3 unspecified atom stereocenters. The van der Waals surface area contributed by atoms with Gasteiger partial charge in [-0.3, -0.25) is 9.69 Å². The third-order valence-corrected chi connectivity index (χ3v) is 5.84. The minimum atomic E-state index is -0.107. The summed E-state index contributed by atoms with van der Waals surface area (Å²) in [4.78, 5) is 15.0. The maximum Gasteiger partial charge on any atom is 0.137 e. The number of Topliss-reactive ketones (excluding diaryl/α,β-unsaturated/α-hetero) is 1. The Bertz CT molecular complexity index is 415. The summed E-state index contributed by atoms with van der Waals surface area (Å²) in [6, 6.07) is 0.925. The zero-order valence-corrected chi connectivity index (χ0v) is 14.2. The van der Waals surface area contributed by atoms with Crippen LogP contribution in [-0.4, -0.2) is 40.5 Å². The van der Waals surface area contributed by atoms with Crippen molar-refractivity contribution in [3.63, 3.8) is 0 Å². The van der Waals surface area contributed by atoms with Crippen molar-refractivity contribution >= 4 is 5.78 Å². The molecule has 0 aromatic rings. The summed E-state index contributed by atoms with van der Waals surface area (Å²) in [7, 11) is 0. The highest BCUT2D eigenvalue weighted by Crippen LogP contribution is 2.44. The van der Waals surface area contributed by atoms with E-state index in [9.17, 15) is 4.79 Å². The van der Waals surface area contributed by atoms with Crippen molar-refractivity contribution in [3.8, 4) is 0 Å². The number of carbonyl (C=O) groups excluding carboxylic acids is 1. The average molecular weight is 293 g/mol. The van der Waals surface area contributed by atoms with Gasteiger partial charge in [0.2, 0.25) is 0 Å². The minimum absolute atomic E-state index is 0.0438. The topological polar surface area (TPSA) is 29.5 Å². The largest absolute Gasteiger partial charge is 0.368 e. The number of likely N-dealkylation sites (tertiary alicyclic amines) is 1. The molecule has 1 saturated carbocycles. The molecule has 1 aliphatic carbocycles. The molecular weight excluding hydrogens is 262 g/mol. The number of nitrogens with zero attached hydrogens (tertiary/aromatic N) is 1. The number of hydrogen-bond acceptors (Lipinski definition) is 3. The Hall–Kier alpha value is -0.410. The van der Waals surface area contributed by atoms with E-state index in [1.54, 1.807) is 0 Å². The van der Waals surface area contributed by atoms with Gasteiger partial charge in [0.1, 0.15) is 5.78 Å². The Morgan fingerprint density at radius 3 is 2.48 bits per heavy atom. The van der Waals surface area contributed by atoms with Crippen molar-refractivity contribution in [2.24, 2.45) is 5.92 Å². The molecule has 0 aromatic carbocycles. The zero-order valence-electron chi connectivity index (χ0n) is 14.2. The van der Waals surface area contributed by atoms with E-state index in [4.69, 9.17) is 4.74 Å². The van der Waals surface area contributed by atoms with Crippen molar-refractivity contribution in [1.29, 1.82) is 0 Å². The third kappa shape index (κ3) is 2.92. The first-order valence-electron chi connectivity index (χ1n) is 8.79. The first kappa shape index (κ1) is 15.5. The van der Waals surface area contributed by atoms with Crippen LogP contribution in [0.2, 0.25) is 0 Å². The van der Waals surface area contributed by atoms with E-state index in [-0.39, 0.29) is 11.2 Å². The molecule has 0 spiro atoms. The van der Waals surface area contributed by atoms with Gasteiger partial charge < -0.3 is 4.74 Å². The molecule has 0 N–H and O–H groups in total. The number of ether oxygens (including phenoxy) is 1. The van der Waals surface area contributed by atoms with Crippen molar-refractivity contribution in [3.05, 3.63) is 0 Å². The summed E-state index contributed by atoms with van der Waals surface area (Å²) in [5, 5.41) is 0. The second kappa shape index (κ2) is 5.34. The van der Waals surface area contributed by atoms with Gasteiger partial charge in [0.25, 0.3) is 0 Å². The summed E-state index contributed by atoms with van der Waals surface area (Å²) in [6.07, 6.45) is 7.77. The Morgan fingerprint density at radius 1 is 1.10 bits per heavy atom. The Morgan fingerprint density at radius 2 is 1.86 bits per heavy atom. The fourth-order valence-corrected chi connectivity index (χ4v) is 5.10. The lowest BCUT2D eigenvalue weighted by atomic mass is 9.80. The van der Waals surface area contributed by atoms with Crippen LogP contribution in [0.3, 0.4) is 0 Å². The quantitative estimate of drug-likeness (QED) is 0.779. The van der Waals surface area contributed by atoms with Crippen LogP contribution in [-0.2, 0) is 9.53 Å². The van der Waals surface area contributed by atoms with Crippen LogP contribution in [0, 0.1) is 5.92 Å². The molecule has 3 nitrogen and oxygen atoms in total. The van der Waals surface area contributed by atoms with Crippen molar-refractivity contribution in [2.45, 2.75) is 95.9 Å². The number of carbonyl (C=O) groups is 1. The number of rotatable bonds is 2. The molecule has 2 heterocycles. The number of ketones is 1. The van der Waals surface area contributed by atoms with Crippen molar-refractivity contribution < 1.29 is 9.53 Å². The molecule has 0 amide bonds. The molecule has 3 atom stereocenters. The van der Waals surface area contributed by atoms with E-state index in [0.29, 0.717) is 23.8 Å². The molecule has 0 bridgehead atoms. The molecule has 120 valence electrons. The Labute approximate surface area is 129 Å². The van der Waals surface area contributed by atoms with Gasteiger partial charge in [-0.1, -0.05) is 6.42 Å². The zero-order chi connectivity index (χ0) is 15.3. The van der Waals surface area contributed by atoms with Crippen LogP contribution in [0.1, 0.15) is 72.6 Å². The summed E-state index contributed by atoms with van der Waals surface area (Å²) in [6.45, 7) is 9.99. The SMILES string of the molecule is CC1(C)CC(N2CCCC2C2CCCCC2=O)C(C)(C)O1. The van der Waals surface area contributed by atoms with Crippen molar-refractivity contribution in [1.82, 2.24) is 4.90 Å². The standard InChI is InChI=1S/C18H31NO2/c1-17(2)12-16(18(3,4)21-17)19-11-7-9-14(19)13-8-5-6-10-15(13)20/h13-14,16H,5-12H2,1-4H3. The van der Waals surface area contributed by atoms with Gasteiger partial charge in [-0.2, -0.15) is 0 Å². The summed E-state index contributed by atoms with van der Waals surface area (Å²) < 4.78 is 6.30. The molecule has 0 aromatic heterocycles. The predicted octanol–water partition coefficient (Wildman–Crippen LogP) is 3.56.